The SMILES string of the molecule is CS(=O)(=O)O.C[C@@H](O)[C@H](N)C(=O)O. The first kappa shape index (κ1) is 14.8. The summed E-state index contributed by atoms with van der Waals surface area (Å²) >= 11 is 0. The molecular weight excluding hydrogens is 202 g/mol. The van der Waals surface area contributed by atoms with E-state index in [0.29, 0.717) is 6.26 Å². The fourth-order valence-electron chi connectivity index (χ4n) is 0.206. The summed E-state index contributed by atoms with van der Waals surface area (Å²) in [7, 11) is -3.67. The van der Waals surface area contributed by atoms with E-state index in [-0.39, 0.29) is 0 Å². The van der Waals surface area contributed by atoms with Gasteiger partial charge in [0, 0.05) is 0 Å². The third-order valence-corrected chi connectivity index (χ3v) is 0.805. The van der Waals surface area contributed by atoms with E-state index < -0.39 is 28.2 Å². The molecule has 0 amide bonds. The minimum Gasteiger partial charge on any atom is -0.480 e. The van der Waals surface area contributed by atoms with Gasteiger partial charge in [-0.2, -0.15) is 8.42 Å². The predicted molar refractivity (Wildman–Crippen MR) is 44.8 cm³/mol. The molecule has 0 aliphatic rings. The molecule has 5 N–H and O–H groups in total. The number of carboxylic acids is 1. The first-order valence-corrected chi connectivity index (χ1v) is 4.99. The number of carbonyl (C=O) groups is 1. The Morgan fingerprint density at radius 1 is 1.46 bits per heavy atom. The summed E-state index contributed by atoms with van der Waals surface area (Å²) in [4.78, 5) is 9.86. The lowest BCUT2D eigenvalue weighted by Crippen LogP contribution is -2.39. The monoisotopic (exact) mass is 215 g/mol. The Balaban J connectivity index is 0. The highest BCUT2D eigenvalue weighted by Gasteiger charge is 2.16. The molecule has 0 heterocycles. The van der Waals surface area contributed by atoms with Crippen molar-refractivity contribution in [3.05, 3.63) is 0 Å². The first-order chi connectivity index (χ1) is 5.55. The number of hydrogen-bond donors (Lipinski definition) is 4. The van der Waals surface area contributed by atoms with Crippen LogP contribution in [0.4, 0.5) is 0 Å². The summed E-state index contributed by atoms with van der Waals surface area (Å²) in [5.41, 5.74) is 4.91. The standard InChI is InChI=1S/C4H9NO3.CH4O3S/c1-2(6)3(5)4(7)8;1-5(2,3)4/h2-3,6H,5H2,1H3,(H,7,8);1H3,(H,2,3,4)/t2-,3+;/m1./s1. The molecule has 0 spiro atoms. The average molecular weight is 215 g/mol. The van der Waals surface area contributed by atoms with Crippen LogP contribution in [0.1, 0.15) is 6.92 Å². The van der Waals surface area contributed by atoms with Gasteiger partial charge in [-0.05, 0) is 6.92 Å². The zero-order valence-electron chi connectivity index (χ0n) is 7.21. The highest BCUT2D eigenvalue weighted by Crippen LogP contribution is 1.85. The van der Waals surface area contributed by atoms with Crippen molar-refractivity contribution in [1.82, 2.24) is 0 Å². The summed E-state index contributed by atoms with van der Waals surface area (Å²) < 4.78 is 25.9. The maximum absolute atomic E-state index is 9.86. The third-order valence-electron chi connectivity index (χ3n) is 0.805. The Hall–Kier alpha value is -0.700. The van der Waals surface area contributed by atoms with Crippen molar-refractivity contribution in [1.29, 1.82) is 0 Å². The summed E-state index contributed by atoms with van der Waals surface area (Å²) in [5.74, 6) is -1.18. The van der Waals surface area contributed by atoms with Crippen molar-refractivity contribution in [2.24, 2.45) is 5.73 Å². The van der Waals surface area contributed by atoms with Crippen LogP contribution in [0.25, 0.3) is 0 Å². The second-order valence-corrected chi connectivity index (χ2v) is 3.80. The molecule has 0 aliphatic carbocycles. The number of hydrogen-bond acceptors (Lipinski definition) is 5. The lowest BCUT2D eigenvalue weighted by atomic mass is 10.2. The van der Waals surface area contributed by atoms with Crippen LogP contribution in [0.3, 0.4) is 0 Å². The summed E-state index contributed by atoms with van der Waals surface area (Å²) in [6, 6.07) is -1.16. The van der Waals surface area contributed by atoms with Crippen molar-refractivity contribution >= 4 is 16.1 Å². The summed E-state index contributed by atoms with van der Waals surface area (Å²) in [6.45, 7) is 1.33. The summed E-state index contributed by atoms with van der Waals surface area (Å²) in [5, 5.41) is 16.6. The van der Waals surface area contributed by atoms with E-state index >= 15 is 0 Å². The molecule has 0 aromatic rings. The molecule has 13 heavy (non-hydrogen) atoms. The van der Waals surface area contributed by atoms with E-state index in [9.17, 15) is 13.2 Å². The number of aliphatic carboxylic acids is 1. The predicted octanol–water partition coefficient (Wildman–Crippen LogP) is -1.72. The zero-order chi connectivity index (χ0) is 11.2. The zero-order valence-corrected chi connectivity index (χ0v) is 8.02. The van der Waals surface area contributed by atoms with Crippen LogP contribution < -0.4 is 5.73 Å². The Bertz CT molecular complexity index is 238. The second-order valence-electron chi connectivity index (χ2n) is 2.34. The van der Waals surface area contributed by atoms with E-state index in [1.165, 1.54) is 6.92 Å². The molecule has 8 heteroatoms. The molecule has 7 nitrogen and oxygen atoms in total. The molecule has 0 aromatic heterocycles. The van der Waals surface area contributed by atoms with Gasteiger partial charge in [-0.3, -0.25) is 9.35 Å². The number of rotatable bonds is 2. The van der Waals surface area contributed by atoms with Crippen molar-refractivity contribution in [3.8, 4) is 0 Å². The lowest BCUT2D eigenvalue weighted by molar-refractivity contribution is -0.140. The van der Waals surface area contributed by atoms with Crippen molar-refractivity contribution in [3.63, 3.8) is 0 Å². The Labute approximate surface area is 75.9 Å². The highest BCUT2D eigenvalue weighted by atomic mass is 32.2. The first-order valence-electron chi connectivity index (χ1n) is 3.14. The molecule has 0 saturated carbocycles. The molecule has 0 rings (SSSR count). The number of nitrogens with two attached hydrogens (primary N) is 1. The van der Waals surface area contributed by atoms with Crippen LogP contribution in [0.15, 0.2) is 0 Å². The highest BCUT2D eigenvalue weighted by molar-refractivity contribution is 7.85. The normalized spacial score (nSPS) is 15.2. The van der Waals surface area contributed by atoms with E-state index in [2.05, 4.69) is 0 Å². The van der Waals surface area contributed by atoms with Crippen LogP contribution in [0.5, 0.6) is 0 Å². The molecule has 0 saturated heterocycles. The van der Waals surface area contributed by atoms with E-state index in [1.54, 1.807) is 0 Å². The van der Waals surface area contributed by atoms with E-state index in [0.717, 1.165) is 0 Å². The van der Waals surface area contributed by atoms with Crippen LogP contribution in [-0.4, -0.2) is 47.6 Å². The minimum atomic E-state index is -3.67. The van der Waals surface area contributed by atoms with Gasteiger partial charge in [-0.25, -0.2) is 0 Å². The maximum Gasteiger partial charge on any atom is 0.323 e. The van der Waals surface area contributed by atoms with Gasteiger partial charge in [0.1, 0.15) is 6.04 Å². The molecule has 0 aliphatic heterocycles. The maximum atomic E-state index is 9.86. The molecule has 0 fully saturated rings. The number of carboxylic acid groups (broad SMARTS) is 1. The van der Waals surface area contributed by atoms with Crippen LogP contribution in [0, 0.1) is 0 Å². The lowest BCUT2D eigenvalue weighted by Gasteiger charge is -2.06. The van der Waals surface area contributed by atoms with Gasteiger partial charge in [0.2, 0.25) is 0 Å². The number of aliphatic hydroxyl groups is 1. The van der Waals surface area contributed by atoms with Crippen LogP contribution in [0.2, 0.25) is 0 Å². The Morgan fingerprint density at radius 2 is 1.69 bits per heavy atom. The molecule has 0 radical (unpaired) electrons. The van der Waals surface area contributed by atoms with Gasteiger partial charge in [0.05, 0.1) is 12.4 Å². The van der Waals surface area contributed by atoms with Crippen molar-refractivity contribution < 1.29 is 28.0 Å². The number of aliphatic hydroxyl groups excluding tert-OH is 1. The second kappa shape index (κ2) is 5.86. The van der Waals surface area contributed by atoms with Gasteiger partial charge in [0.15, 0.2) is 0 Å². The summed E-state index contributed by atoms with van der Waals surface area (Å²) in [6.07, 6.45) is -0.264. The quantitative estimate of drug-likeness (QED) is 0.402. The van der Waals surface area contributed by atoms with Gasteiger partial charge in [-0.15, -0.1) is 0 Å². The molecular formula is C5H13NO6S. The Morgan fingerprint density at radius 3 is 1.69 bits per heavy atom. The molecule has 80 valence electrons. The fraction of sp³-hybridized carbons (Fsp3) is 0.800. The minimum absolute atomic E-state index is 0.715. The van der Waals surface area contributed by atoms with Gasteiger partial charge < -0.3 is 15.9 Å². The van der Waals surface area contributed by atoms with E-state index in [4.69, 9.17) is 20.5 Å². The topological polar surface area (TPSA) is 138 Å². The Kier molecular flexibility index (Phi) is 6.68. The molecule has 2 atom stereocenters. The van der Waals surface area contributed by atoms with Gasteiger partial charge in [0.25, 0.3) is 10.1 Å². The molecule has 0 bridgehead atoms. The third kappa shape index (κ3) is 18.3. The van der Waals surface area contributed by atoms with E-state index in [1.807, 2.05) is 0 Å². The van der Waals surface area contributed by atoms with Crippen LogP contribution in [-0.2, 0) is 14.9 Å². The molecule has 0 aromatic carbocycles. The van der Waals surface area contributed by atoms with Crippen LogP contribution >= 0.6 is 0 Å². The molecule has 0 unspecified atom stereocenters. The fourth-order valence-corrected chi connectivity index (χ4v) is 0.206. The van der Waals surface area contributed by atoms with Gasteiger partial charge in [-0.1, -0.05) is 0 Å². The van der Waals surface area contributed by atoms with Crippen molar-refractivity contribution in [2.75, 3.05) is 6.26 Å². The average Bonchev–Trinajstić information content (AvgIpc) is 1.81. The smallest absolute Gasteiger partial charge is 0.323 e. The largest absolute Gasteiger partial charge is 0.480 e. The van der Waals surface area contributed by atoms with Crippen molar-refractivity contribution in [2.45, 2.75) is 19.1 Å². The van der Waals surface area contributed by atoms with Gasteiger partial charge >= 0.3 is 5.97 Å².